The molecule has 2 aromatic heterocycles. The molecule has 1 aliphatic heterocycles. The normalized spacial score (nSPS) is 14.4. The largest absolute Gasteiger partial charge is 0.504 e. The number of rotatable bonds is 2. The SMILES string of the molecule is Cc1ccc(-c2c3c(=O)n(C)c(=O)n(C)c3c3n2-c2ccccc2O[C@H]3c2cccc(O)c2O)cc1. The molecule has 0 spiro atoms. The van der Waals surface area contributed by atoms with Crippen LogP contribution in [-0.4, -0.2) is 23.9 Å². The number of aromatic nitrogens is 3. The molecule has 1 atom stereocenters. The molecule has 0 saturated heterocycles. The van der Waals surface area contributed by atoms with E-state index in [-0.39, 0.29) is 11.5 Å². The van der Waals surface area contributed by atoms with Crippen molar-refractivity contribution in [3.8, 4) is 34.2 Å². The molecular formula is C28H23N3O5. The number of hydrogen-bond acceptors (Lipinski definition) is 5. The van der Waals surface area contributed by atoms with Gasteiger partial charge >= 0.3 is 5.69 Å². The van der Waals surface area contributed by atoms with Gasteiger partial charge in [-0.2, -0.15) is 0 Å². The van der Waals surface area contributed by atoms with Gasteiger partial charge in [0.05, 0.1) is 28.0 Å². The average molecular weight is 482 g/mol. The van der Waals surface area contributed by atoms with Crippen LogP contribution < -0.4 is 16.0 Å². The first kappa shape index (κ1) is 21.8. The van der Waals surface area contributed by atoms with Crippen molar-refractivity contribution < 1.29 is 14.9 Å². The predicted molar refractivity (Wildman–Crippen MR) is 136 cm³/mol. The lowest BCUT2D eigenvalue weighted by molar-refractivity contribution is 0.223. The Labute approximate surface area is 205 Å². The Kier molecular flexibility index (Phi) is 4.63. The van der Waals surface area contributed by atoms with Crippen LogP contribution in [0.2, 0.25) is 0 Å². The van der Waals surface area contributed by atoms with Gasteiger partial charge in [-0.05, 0) is 30.7 Å². The van der Waals surface area contributed by atoms with Crippen molar-refractivity contribution in [3.63, 3.8) is 0 Å². The molecule has 5 aromatic rings. The molecule has 3 heterocycles. The molecule has 180 valence electrons. The molecular weight excluding hydrogens is 458 g/mol. The van der Waals surface area contributed by atoms with Gasteiger partial charge in [0, 0.05) is 19.7 Å². The summed E-state index contributed by atoms with van der Waals surface area (Å²) in [6, 6.07) is 19.9. The van der Waals surface area contributed by atoms with E-state index in [4.69, 9.17) is 4.74 Å². The van der Waals surface area contributed by atoms with Gasteiger partial charge in [0.2, 0.25) is 0 Å². The number of phenolic OH excluding ortho intramolecular Hbond substituents is 2. The van der Waals surface area contributed by atoms with Gasteiger partial charge in [-0.1, -0.05) is 54.1 Å². The van der Waals surface area contributed by atoms with E-state index in [0.717, 1.165) is 15.7 Å². The van der Waals surface area contributed by atoms with Gasteiger partial charge in [-0.25, -0.2) is 4.79 Å². The molecule has 8 nitrogen and oxygen atoms in total. The number of aryl methyl sites for hydroxylation is 2. The predicted octanol–water partition coefficient (Wildman–Crippen LogP) is 3.90. The first-order valence-corrected chi connectivity index (χ1v) is 11.5. The highest BCUT2D eigenvalue weighted by atomic mass is 16.5. The third-order valence-electron chi connectivity index (χ3n) is 6.86. The fourth-order valence-electron chi connectivity index (χ4n) is 5.07. The van der Waals surface area contributed by atoms with Crippen molar-refractivity contribution >= 4 is 10.9 Å². The van der Waals surface area contributed by atoms with E-state index in [9.17, 15) is 19.8 Å². The summed E-state index contributed by atoms with van der Waals surface area (Å²) in [5, 5.41) is 21.4. The summed E-state index contributed by atoms with van der Waals surface area (Å²) in [4.78, 5) is 26.7. The Morgan fingerprint density at radius 2 is 1.58 bits per heavy atom. The monoisotopic (exact) mass is 481 g/mol. The number of nitrogens with zero attached hydrogens (tertiary/aromatic N) is 3. The first-order valence-electron chi connectivity index (χ1n) is 11.5. The Bertz CT molecular complexity index is 1810. The van der Waals surface area contributed by atoms with E-state index >= 15 is 0 Å². The van der Waals surface area contributed by atoms with Crippen LogP contribution in [0.25, 0.3) is 27.8 Å². The van der Waals surface area contributed by atoms with Crippen molar-refractivity contribution in [2.75, 3.05) is 0 Å². The van der Waals surface area contributed by atoms with E-state index in [1.165, 1.54) is 17.7 Å². The third-order valence-corrected chi connectivity index (χ3v) is 6.86. The summed E-state index contributed by atoms with van der Waals surface area (Å²) in [5.41, 5.74) is 3.51. The van der Waals surface area contributed by atoms with Gasteiger partial charge in [-0.15, -0.1) is 0 Å². The zero-order valence-electron chi connectivity index (χ0n) is 19.9. The van der Waals surface area contributed by atoms with E-state index in [1.54, 1.807) is 19.2 Å². The summed E-state index contributed by atoms with van der Waals surface area (Å²) >= 11 is 0. The summed E-state index contributed by atoms with van der Waals surface area (Å²) in [6.07, 6.45) is -0.911. The van der Waals surface area contributed by atoms with Crippen molar-refractivity contribution in [1.82, 2.24) is 13.7 Å². The molecule has 0 aliphatic carbocycles. The smallest absolute Gasteiger partial charge is 0.331 e. The van der Waals surface area contributed by atoms with E-state index in [0.29, 0.717) is 39.3 Å². The molecule has 8 heteroatoms. The summed E-state index contributed by atoms with van der Waals surface area (Å²) in [7, 11) is 3.08. The minimum Gasteiger partial charge on any atom is -0.504 e. The highest BCUT2D eigenvalue weighted by molar-refractivity contribution is 5.98. The van der Waals surface area contributed by atoms with Gasteiger partial charge in [0.1, 0.15) is 5.75 Å². The molecule has 0 saturated carbocycles. The van der Waals surface area contributed by atoms with Crippen LogP contribution in [0.5, 0.6) is 17.2 Å². The number of phenols is 2. The van der Waals surface area contributed by atoms with Crippen molar-refractivity contribution in [1.29, 1.82) is 0 Å². The van der Waals surface area contributed by atoms with Crippen LogP contribution in [-0.2, 0) is 14.1 Å². The van der Waals surface area contributed by atoms with Crippen LogP contribution in [0.3, 0.4) is 0 Å². The second-order valence-electron chi connectivity index (χ2n) is 9.05. The maximum absolute atomic E-state index is 13.7. The summed E-state index contributed by atoms with van der Waals surface area (Å²) < 4.78 is 10.9. The maximum atomic E-state index is 13.7. The lowest BCUT2D eigenvalue weighted by atomic mass is 10.0. The number of hydrogen-bond donors (Lipinski definition) is 2. The molecule has 36 heavy (non-hydrogen) atoms. The van der Waals surface area contributed by atoms with Crippen molar-refractivity contribution in [3.05, 3.63) is 104 Å². The summed E-state index contributed by atoms with van der Waals surface area (Å²) in [6.45, 7) is 1.99. The van der Waals surface area contributed by atoms with Gasteiger partial charge in [-0.3, -0.25) is 13.9 Å². The second kappa shape index (κ2) is 7.64. The quantitative estimate of drug-likeness (QED) is 0.373. The number of aromatic hydroxyl groups is 2. The number of benzene rings is 3. The summed E-state index contributed by atoms with van der Waals surface area (Å²) in [5.74, 6) is -0.0809. The van der Waals surface area contributed by atoms with Gasteiger partial charge in [0.25, 0.3) is 5.56 Å². The van der Waals surface area contributed by atoms with Crippen molar-refractivity contribution in [2.24, 2.45) is 14.1 Å². The fourth-order valence-corrected chi connectivity index (χ4v) is 5.07. The minimum absolute atomic E-state index is 0.291. The number of fused-ring (bicyclic) bond motifs is 5. The Morgan fingerprint density at radius 3 is 2.33 bits per heavy atom. The highest BCUT2D eigenvalue weighted by Crippen LogP contribution is 2.48. The standard InChI is InChI=1S/C28H23N3O5/c1-15-11-13-16(14-12-15)22-21-23(29(2)28(35)30(3)27(21)34)24-26(17-7-6-9-19(32)25(17)33)36-20-10-5-4-8-18(20)31(22)24/h4-14,26,32-33H,1-3H3/t26-/m0/s1. The minimum atomic E-state index is -0.911. The van der Waals surface area contributed by atoms with E-state index < -0.39 is 17.4 Å². The van der Waals surface area contributed by atoms with Crippen LogP contribution in [0.4, 0.5) is 0 Å². The number of para-hydroxylation sites is 3. The van der Waals surface area contributed by atoms with Crippen LogP contribution >= 0.6 is 0 Å². The van der Waals surface area contributed by atoms with E-state index in [1.807, 2.05) is 60.0 Å². The molecule has 0 amide bonds. The lowest BCUT2D eigenvalue weighted by Gasteiger charge is -2.30. The van der Waals surface area contributed by atoms with E-state index in [2.05, 4.69) is 0 Å². The molecule has 6 rings (SSSR count). The van der Waals surface area contributed by atoms with Crippen LogP contribution in [0.15, 0.2) is 76.3 Å². The molecule has 3 aromatic carbocycles. The van der Waals surface area contributed by atoms with Gasteiger partial charge < -0.3 is 19.5 Å². The molecule has 0 bridgehead atoms. The molecule has 0 unspecified atom stereocenters. The Balaban J connectivity index is 1.87. The molecule has 2 N–H and O–H groups in total. The van der Waals surface area contributed by atoms with Crippen LogP contribution in [0, 0.1) is 6.92 Å². The maximum Gasteiger partial charge on any atom is 0.331 e. The fraction of sp³-hybridized carbons (Fsp3) is 0.143. The topological polar surface area (TPSA) is 98.6 Å². The molecule has 0 radical (unpaired) electrons. The second-order valence-corrected chi connectivity index (χ2v) is 9.05. The Morgan fingerprint density at radius 1 is 0.861 bits per heavy atom. The van der Waals surface area contributed by atoms with Crippen molar-refractivity contribution in [2.45, 2.75) is 13.0 Å². The lowest BCUT2D eigenvalue weighted by Crippen LogP contribution is -2.37. The molecule has 1 aliphatic rings. The van der Waals surface area contributed by atoms with Gasteiger partial charge in [0.15, 0.2) is 17.6 Å². The Hall–Kier alpha value is -4.72. The highest BCUT2D eigenvalue weighted by Gasteiger charge is 2.37. The first-order chi connectivity index (χ1) is 17.3. The average Bonchev–Trinajstić information content (AvgIpc) is 3.24. The zero-order valence-corrected chi connectivity index (χ0v) is 19.9. The van der Waals surface area contributed by atoms with Crippen LogP contribution in [0.1, 0.15) is 22.9 Å². The third kappa shape index (κ3) is 2.87. The zero-order chi connectivity index (χ0) is 25.3. The number of ether oxygens (including phenoxy) is 1. The molecule has 0 fully saturated rings.